The van der Waals surface area contributed by atoms with Crippen LogP contribution in [-0.4, -0.2) is 33.0 Å². The number of aromatic carboxylic acids is 1. The molecule has 0 unspecified atom stereocenters. The monoisotopic (exact) mass is 247 g/mol. The summed E-state index contributed by atoms with van der Waals surface area (Å²) in [5, 5.41) is 13.2. The Kier molecular flexibility index (Phi) is 3.38. The Balaban J connectivity index is 2.58. The second kappa shape index (κ2) is 4.97. The molecule has 2 rings (SSSR count). The molecule has 0 fully saturated rings. The van der Waals surface area contributed by atoms with Crippen LogP contribution in [0, 0.1) is 0 Å². The van der Waals surface area contributed by atoms with Crippen molar-refractivity contribution in [1.82, 2.24) is 14.8 Å². The molecule has 1 N–H and O–H groups in total. The number of carbonyl (C=O) groups is 1. The molecule has 0 spiro atoms. The van der Waals surface area contributed by atoms with Crippen LogP contribution >= 0.6 is 0 Å². The average molecular weight is 247 g/mol. The number of hydrogen-bond acceptors (Lipinski definition) is 4. The minimum atomic E-state index is -1.03. The second-order valence-electron chi connectivity index (χ2n) is 3.73. The maximum absolute atomic E-state index is 11.2. The van der Waals surface area contributed by atoms with Crippen LogP contribution in [0.2, 0.25) is 0 Å². The molecule has 2 aromatic heterocycles. The van der Waals surface area contributed by atoms with E-state index in [1.54, 1.807) is 25.3 Å². The van der Waals surface area contributed by atoms with Crippen LogP contribution in [0.25, 0.3) is 5.82 Å². The van der Waals surface area contributed by atoms with Gasteiger partial charge in [-0.25, -0.2) is 14.5 Å². The summed E-state index contributed by atoms with van der Waals surface area (Å²) in [5.41, 5.74) is 0.596. The van der Waals surface area contributed by atoms with Crippen molar-refractivity contribution >= 4 is 5.97 Å². The minimum Gasteiger partial charge on any atom is -0.478 e. The Hall–Kier alpha value is -2.21. The summed E-state index contributed by atoms with van der Waals surface area (Å²) in [7, 11) is 1.52. The first-order valence-electron chi connectivity index (χ1n) is 5.40. The van der Waals surface area contributed by atoms with Gasteiger partial charge < -0.3 is 9.84 Å². The number of carboxylic acid groups (broad SMARTS) is 1. The third kappa shape index (κ3) is 2.10. The number of nitrogens with zero attached hydrogens (tertiary/aromatic N) is 3. The first-order chi connectivity index (χ1) is 8.65. The van der Waals surface area contributed by atoms with Gasteiger partial charge >= 0.3 is 5.97 Å². The van der Waals surface area contributed by atoms with Crippen molar-refractivity contribution in [2.75, 3.05) is 7.11 Å². The van der Waals surface area contributed by atoms with Crippen LogP contribution < -0.4 is 0 Å². The zero-order chi connectivity index (χ0) is 13.1. The second-order valence-corrected chi connectivity index (χ2v) is 3.73. The van der Waals surface area contributed by atoms with Crippen molar-refractivity contribution in [3.8, 4) is 5.82 Å². The third-order valence-corrected chi connectivity index (χ3v) is 2.64. The van der Waals surface area contributed by atoms with Crippen LogP contribution in [0.15, 0.2) is 30.6 Å². The van der Waals surface area contributed by atoms with Crippen molar-refractivity contribution in [3.05, 3.63) is 41.9 Å². The Morgan fingerprint density at radius 2 is 2.28 bits per heavy atom. The molecule has 0 amide bonds. The van der Waals surface area contributed by atoms with Crippen molar-refractivity contribution in [2.45, 2.75) is 13.0 Å². The molecule has 2 aromatic rings. The first kappa shape index (κ1) is 12.3. The predicted octanol–water partition coefficient (Wildman–Crippen LogP) is 1.67. The van der Waals surface area contributed by atoms with Gasteiger partial charge in [0.2, 0.25) is 0 Å². The SMILES string of the molecule is CO[C@@H](C)c1c(C(=O)O)cnn1-c1ccccn1. The maximum Gasteiger partial charge on any atom is 0.339 e. The highest BCUT2D eigenvalue weighted by atomic mass is 16.5. The molecule has 18 heavy (non-hydrogen) atoms. The smallest absolute Gasteiger partial charge is 0.339 e. The molecule has 0 saturated carbocycles. The van der Waals surface area contributed by atoms with E-state index in [4.69, 9.17) is 9.84 Å². The number of methoxy groups -OCH3 is 1. The fraction of sp³-hybridized carbons (Fsp3) is 0.250. The van der Waals surface area contributed by atoms with E-state index >= 15 is 0 Å². The first-order valence-corrected chi connectivity index (χ1v) is 5.40. The van der Waals surface area contributed by atoms with Crippen molar-refractivity contribution in [1.29, 1.82) is 0 Å². The van der Waals surface area contributed by atoms with Gasteiger partial charge in [0.05, 0.1) is 18.0 Å². The number of rotatable bonds is 4. The zero-order valence-electron chi connectivity index (χ0n) is 10.1. The third-order valence-electron chi connectivity index (χ3n) is 2.64. The molecule has 0 aliphatic carbocycles. The molecule has 0 bridgehead atoms. The molecule has 2 heterocycles. The highest BCUT2D eigenvalue weighted by molar-refractivity contribution is 5.89. The number of pyridine rings is 1. The van der Waals surface area contributed by atoms with E-state index in [2.05, 4.69) is 10.1 Å². The van der Waals surface area contributed by atoms with Gasteiger partial charge in [-0.05, 0) is 19.1 Å². The molecule has 1 atom stereocenters. The van der Waals surface area contributed by atoms with E-state index in [1.807, 2.05) is 6.07 Å². The summed E-state index contributed by atoms with van der Waals surface area (Å²) in [6.07, 6.45) is 2.54. The van der Waals surface area contributed by atoms with Crippen LogP contribution in [-0.2, 0) is 4.74 Å². The predicted molar refractivity (Wildman–Crippen MR) is 63.7 cm³/mol. The molecule has 0 saturated heterocycles. The molecule has 0 aliphatic heterocycles. The molecular weight excluding hydrogens is 234 g/mol. The highest BCUT2D eigenvalue weighted by Crippen LogP contribution is 2.22. The van der Waals surface area contributed by atoms with Crippen LogP contribution in [0.5, 0.6) is 0 Å². The van der Waals surface area contributed by atoms with E-state index in [1.165, 1.54) is 18.0 Å². The van der Waals surface area contributed by atoms with Gasteiger partial charge in [-0.2, -0.15) is 5.10 Å². The zero-order valence-corrected chi connectivity index (χ0v) is 10.1. The Morgan fingerprint density at radius 1 is 1.50 bits per heavy atom. The lowest BCUT2D eigenvalue weighted by Gasteiger charge is -2.13. The minimum absolute atomic E-state index is 0.120. The molecule has 0 aliphatic rings. The van der Waals surface area contributed by atoms with E-state index < -0.39 is 5.97 Å². The van der Waals surface area contributed by atoms with Gasteiger partial charge in [-0.1, -0.05) is 6.07 Å². The fourth-order valence-corrected chi connectivity index (χ4v) is 1.69. The summed E-state index contributed by atoms with van der Waals surface area (Å²) in [6.45, 7) is 1.77. The molecule has 6 nitrogen and oxygen atoms in total. The highest BCUT2D eigenvalue weighted by Gasteiger charge is 2.22. The Morgan fingerprint density at radius 3 is 2.83 bits per heavy atom. The van der Waals surface area contributed by atoms with E-state index in [-0.39, 0.29) is 11.7 Å². The van der Waals surface area contributed by atoms with Gasteiger partial charge in [0.25, 0.3) is 0 Å². The van der Waals surface area contributed by atoms with Crippen molar-refractivity contribution in [2.24, 2.45) is 0 Å². The Labute approximate surface area is 104 Å². The largest absolute Gasteiger partial charge is 0.478 e. The quantitative estimate of drug-likeness (QED) is 0.889. The topological polar surface area (TPSA) is 77.2 Å². The van der Waals surface area contributed by atoms with Gasteiger partial charge in [0.15, 0.2) is 5.82 Å². The van der Waals surface area contributed by atoms with Crippen LogP contribution in [0.4, 0.5) is 0 Å². The standard InChI is InChI=1S/C12H13N3O3/c1-8(18-2)11-9(12(16)17)7-14-15(11)10-5-3-4-6-13-10/h3-8H,1-2H3,(H,16,17)/t8-/m0/s1. The van der Waals surface area contributed by atoms with Gasteiger partial charge in [-0.3, -0.25) is 0 Å². The van der Waals surface area contributed by atoms with Crippen LogP contribution in [0.1, 0.15) is 29.1 Å². The normalized spacial score (nSPS) is 12.3. The lowest BCUT2D eigenvalue weighted by atomic mass is 10.1. The molecule has 0 aromatic carbocycles. The van der Waals surface area contributed by atoms with Crippen molar-refractivity contribution < 1.29 is 14.6 Å². The van der Waals surface area contributed by atoms with Crippen LogP contribution in [0.3, 0.4) is 0 Å². The Bertz CT molecular complexity index is 551. The summed E-state index contributed by atoms with van der Waals surface area (Å²) in [6, 6.07) is 5.35. The van der Waals surface area contributed by atoms with Gasteiger partial charge in [-0.15, -0.1) is 0 Å². The number of carboxylic acids is 1. The summed E-state index contributed by atoms with van der Waals surface area (Å²) < 4.78 is 6.68. The van der Waals surface area contributed by atoms with Gasteiger partial charge in [0, 0.05) is 13.3 Å². The maximum atomic E-state index is 11.2. The number of ether oxygens (including phenoxy) is 1. The van der Waals surface area contributed by atoms with E-state index in [0.717, 1.165) is 0 Å². The summed E-state index contributed by atoms with van der Waals surface area (Å²) >= 11 is 0. The average Bonchev–Trinajstić information content (AvgIpc) is 2.83. The van der Waals surface area contributed by atoms with E-state index in [9.17, 15) is 4.79 Å². The lowest BCUT2D eigenvalue weighted by molar-refractivity contribution is 0.0681. The summed E-state index contributed by atoms with van der Waals surface area (Å²) in [4.78, 5) is 15.3. The molecule has 0 radical (unpaired) electrons. The van der Waals surface area contributed by atoms with Gasteiger partial charge in [0.1, 0.15) is 5.56 Å². The fourth-order valence-electron chi connectivity index (χ4n) is 1.69. The molecule has 94 valence electrons. The molecule has 6 heteroatoms. The number of aromatic nitrogens is 3. The van der Waals surface area contributed by atoms with E-state index in [0.29, 0.717) is 11.5 Å². The number of hydrogen-bond donors (Lipinski definition) is 1. The molecular formula is C12H13N3O3. The lowest BCUT2D eigenvalue weighted by Crippen LogP contribution is -2.12. The van der Waals surface area contributed by atoms with Crippen molar-refractivity contribution in [3.63, 3.8) is 0 Å². The summed E-state index contributed by atoms with van der Waals surface area (Å²) in [5.74, 6) is -0.472.